The Morgan fingerprint density at radius 1 is 1.14 bits per heavy atom. The highest BCUT2D eigenvalue weighted by Crippen LogP contribution is 2.32. The maximum Gasteiger partial charge on any atom is 0.251 e. The van der Waals surface area contributed by atoms with Crippen LogP contribution in [0.2, 0.25) is 0 Å². The van der Waals surface area contributed by atoms with Crippen molar-refractivity contribution < 1.29 is 0 Å². The fraction of sp³-hybridized carbons (Fsp3) is 0.176. The van der Waals surface area contributed by atoms with Crippen LogP contribution in [-0.4, -0.2) is 23.6 Å². The molecule has 0 spiro atoms. The van der Waals surface area contributed by atoms with Gasteiger partial charge in [0.15, 0.2) is 0 Å². The Morgan fingerprint density at radius 2 is 2.00 bits per heavy atom. The molecule has 0 unspecified atom stereocenters. The predicted molar refractivity (Wildman–Crippen MR) is 84.9 cm³/mol. The van der Waals surface area contributed by atoms with E-state index in [9.17, 15) is 4.79 Å². The molecule has 0 saturated carbocycles. The lowest BCUT2D eigenvalue weighted by Gasteiger charge is -2.13. The summed E-state index contributed by atoms with van der Waals surface area (Å²) in [4.78, 5) is 18.8. The molecule has 0 bridgehead atoms. The predicted octanol–water partition coefficient (Wildman–Crippen LogP) is 2.49. The first-order valence-corrected chi connectivity index (χ1v) is 6.95. The van der Waals surface area contributed by atoms with Gasteiger partial charge in [0.25, 0.3) is 5.56 Å². The molecule has 0 N–H and O–H groups in total. The molecule has 1 aliphatic rings. The summed E-state index contributed by atoms with van der Waals surface area (Å²) < 4.78 is 1.78. The van der Waals surface area contributed by atoms with Gasteiger partial charge in [-0.05, 0) is 30.3 Å². The highest BCUT2D eigenvalue weighted by Gasteiger charge is 2.20. The van der Waals surface area contributed by atoms with E-state index in [1.165, 1.54) is 0 Å². The Hall–Kier alpha value is -2.62. The maximum atomic E-state index is 11.9. The van der Waals surface area contributed by atoms with Crippen LogP contribution in [0.5, 0.6) is 0 Å². The number of aromatic nitrogens is 2. The number of benzene rings is 1. The lowest BCUT2D eigenvalue weighted by Crippen LogP contribution is -2.16. The molecule has 1 aliphatic heterocycles. The third-order valence-corrected chi connectivity index (χ3v) is 4.01. The van der Waals surface area contributed by atoms with Crippen LogP contribution in [0.3, 0.4) is 0 Å². The van der Waals surface area contributed by atoms with Crippen molar-refractivity contribution in [3.05, 3.63) is 58.4 Å². The van der Waals surface area contributed by atoms with Crippen molar-refractivity contribution in [1.82, 2.24) is 9.55 Å². The molecule has 104 valence electrons. The van der Waals surface area contributed by atoms with E-state index in [1.807, 2.05) is 26.2 Å². The summed E-state index contributed by atoms with van der Waals surface area (Å²) in [7, 11) is 4.05. The van der Waals surface area contributed by atoms with Crippen molar-refractivity contribution in [3.63, 3.8) is 0 Å². The van der Waals surface area contributed by atoms with Gasteiger partial charge in [-0.25, -0.2) is 4.98 Å². The number of rotatable bonds is 1. The van der Waals surface area contributed by atoms with Gasteiger partial charge in [0.1, 0.15) is 0 Å². The van der Waals surface area contributed by atoms with E-state index in [0.717, 1.165) is 33.5 Å². The summed E-state index contributed by atoms with van der Waals surface area (Å²) >= 11 is 0. The second-order valence-electron chi connectivity index (χ2n) is 5.60. The standard InChI is InChI=1S/C17H15N3O/c1-19(2)13-6-7-14-11(9-13)8-12-10-20-15(17(12)18-14)4-3-5-16(20)21/h3-9H,10H2,1-2H3. The summed E-state index contributed by atoms with van der Waals surface area (Å²) in [5, 5.41) is 1.11. The number of fused-ring (bicyclic) bond motifs is 4. The fourth-order valence-electron chi connectivity index (χ4n) is 2.89. The molecular weight excluding hydrogens is 262 g/mol. The summed E-state index contributed by atoms with van der Waals surface area (Å²) in [5.41, 5.74) is 5.10. The zero-order valence-corrected chi connectivity index (χ0v) is 12.0. The molecule has 0 fully saturated rings. The molecule has 0 atom stereocenters. The minimum absolute atomic E-state index is 0.0311. The Morgan fingerprint density at radius 3 is 2.81 bits per heavy atom. The molecule has 1 aromatic carbocycles. The first-order valence-electron chi connectivity index (χ1n) is 6.95. The normalized spacial score (nSPS) is 12.3. The minimum atomic E-state index is 0.0311. The summed E-state index contributed by atoms with van der Waals surface area (Å²) in [5.74, 6) is 0. The van der Waals surface area contributed by atoms with E-state index in [0.29, 0.717) is 6.54 Å². The van der Waals surface area contributed by atoms with Gasteiger partial charge in [0, 0.05) is 36.8 Å². The van der Waals surface area contributed by atoms with E-state index >= 15 is 0 Å². The second kappa shape index (κ2) is 4.19. The first-order chi connectivity index (χ1) is 10.1. The Balaban J connectivity index is 1.97. The number of anilines is 1. The van der Waals surface area contributed by atoms with Gasteiger partial charge < -0.3 is 9.47 Å². The summed E-state index contributed by atoms with van der Waals surface area (Å²) in [6, 6.07) is 13.7. The van der Waals surface area contributed by atoms with Crippen LogP contribution in [-0.2, 0) is 6.54 Å². The lowest BCUT2D eigenvalue weighted by atomic mass is 10.1. The molecule has 0 saturated heterocycles. The SMILES string of the molecule is CN(C)c1ccc2nc3c(cc2c1)Cn1c-3cccc1=O. The number of nitrogens with zero attached hydrogens (tertiary/aromatic N) is 3. The van der Waals surface area contributed by atoms with Crippen molar-refractivity contribution in [2.24, 2.45) is 0 Å². The van der Waals surface area contributed by atoms with Crippen LogP contribution in [0.25, 0.3) is 22.3 Å². The highest BCUT2D eigenvalue weighted by atomic mass is 16.1. The van der Waals surface area contributed by atoms with Crippen LogP contribution in [0.4, 0.5) is 5.69 Å². The van der Waals surface area contributed by atoms with E-state index < -0.39 is 0 Å². The first kappa shape index (κ1) is 12.1. The van der Waals surface area contributed by atoms with E-state index in [1.54, 1.807) is 16.7 Å². The van der Waals surface area contributed by atoms with Crippen molar-refractivity contribution in [1.29, 1.82) is 0 Å². The van der Waals surface area contributed by atoms with E-state index in [-0.39, 0.29) is 5.56 Å². The average Bonchev–Trinajstić information content (AvgIpc) is 2.83. The van der Waals surface area contributed by atoms with Crippen LogP contribution < -0.4 is 10.5 Å². The summed E-state index contributed by atoms with van der Waals surface area (Å²) in [6.07, 6.45) is 0. The van der Waals surface area contributed by atoms with Crippen LogP contribution in [0.15, 0.2) is 47.3 Å². The molecular formula is C17H15N3O. The quantitative estimate of drug-likeness (QED) is 0.536. The Labute approximate surface area is 122 Å². The van der Waals surface area contributed by atoms with Crippen molar-refractivity contribution >= 4 is 16.6 Å². The minimum Gasteiger partial charge on any atom is -0.378 e. The van der Waals surface area contributed by atoms with Crippen LogP contribution in [0.1, 0.15) is 5.56 Å². The topological polar surface area (TPSA) is 38.1 Å². The van der Waals surface area contributed by atoms with Crippen LogP contribution in [0, 0.1) is 0 Å². The zero-order chi connectivity index (χ0) is 14.6. The van der Waals surface area contributed by atoms with E-state index in [2.05, 4.69) is 23.1 Å². The third-order valence-electron chi connectivity index (χ3n) is 4.01. The van der Waals surface area contributed by atoms with Gasteiger partial charge in [-0.3, -0.25) is 4.79 Å². The number of pyridine rings is 2. The zero-order valence-electron chi connectivity index (χ0n) is 12.0. The molecule has 0 aliphatic carbocycles. The second-order valence-corrected chi connectivity index (χ2v) is 5.60. The molecule has 4 rings (SSSR count). The summed E-state index contributed by atoms with van der Waals surface area (Å²) in [6.45, 7) is 0.611. The molecule has 0 radical (unpaired) electrons. The monoisotopic (exact) mass is 277 g/mol. The van der Waals surface area contributed by atoms with E-state index in [4.69, 9.17) is 4.98 Å². The van der Waals surface area contributed by atoms with Gasteiger partial charge in [-0.15, -0.1) is 0 Å². The Bertz CT molecular complexity index is 925. The fourth-order valence-corrected chi connectivity index (χ4v) is 2.89. The molecule has 4 heteroatoms. The molecule has 3 heterocycles. The van der Waals surface area contributed by atoms with Gasteiger partial charge in [0.05, 0.1) is 23.4 Å². The maximum absolute atomic E-state index is 11.9. The smallest absolute Gasteiger partial charge is 0.251 e. The van der Waals surface area contributed by atoms with Crippen LogP contribution >= 0.6 is 0 Å². The molecule has 3 aromatic rings. The average molecular weight is 277 g/mol. The number of hydrogen-bond acceptors (Lipinski definition) is 3. The molecule has 0 amide bonds. The van der Waals surface area contributed by atoms with Gasteiger partial charge in [-0.2, -0.15) is 0 Å². The molecule has 4 nitrogen and oxygen atoms in total. The highest BCUT2D eigenvalue weighted by molar-refractivity contribution is 5.86. The Kier molecular flexibility index (Phi) is 2.42. The lowest BCUT2D eigenvalue weighted by molar-refractivity contribution is 0.804. The largest absolute Gasteiger partial charge is 0.378 e. The van der Waals surface area contributed by atoms with Gasteiger partial charge >= 0.3 is 0 Å². The van der Waals surface area contributed by atoms with Crippen molar-refractivity contribution in [2.75, 3.05) is 19.0 Å². The number of hydrogen-bond donors (Lipinski definition) is 0. The molecule has 21 heavy (non-hydrogen) atoms. The van der Waals surface area contributed by atoms with Crippen molar-refractivity contribution in [2.45, 2.75) is 6.54 Å². The van der Waals surface area contributed by atoms with Gasteiger partial charge in [0.2, 0.25) is 0 Å². The van der Waals surface area contributed by atoms with Crippen molar-refractivity contribution in [3.8, 4) is 11.4 Å². The third kappa shape index (κ3) is 1.76. The molecule has 2 aromatic heterocycles. The van der Waals surface area contributed by atoms with Gasteiger partial charge in [-0.1, -0.05) is 6.07 Å².